The molecule has 0 unspecified atom stereocenters. The van der Waals surface area contributed by atoms with Crippen LogP contribution in [0.4, 0.5) is 4.39 Å². The quantitative estimate of drug-likeness (QED) is 0.630. The van der Waals surface area contributed by atoms with Crippen LogP contribution >= 0.6 is 0 Å². The molecule has 0 saturated heterocycles. The highest BCUT2D eigenvalue weighted by molar-refractivity contribution is 5.18. The average molecular weight is 140 g/mol. The molecule has 0 spiro atoms. The van der Waals surface area contributed by atoms with Gasteiger partial charge in [0.2, 0.25) is 5.85 Å². The number of benzene rings is 1. The van der Waals surface area contributed by atoms with Crippen molar-refractivity contribution in [1.82, 2.24) is 0 Å². The van der Waals surface area contributed by atoms with Gasteiger partial charge in [-0.1, -0.05) is 30.3 Å². The first-order chi connectivity index (χ1) is 4.61. The van der Waals surface area contributed by atoms with E-state index in [1.54, 1.807) is 30.3 Å². The molecule has 0 aliphatic carbocycles. The van der Waals surface area contributed by atoms with E-state index in [0.717, 1.165) is 6.92 Å². The van der Waals surface area contributed by atoms with Crippen LogP contribution in [0.5, 0.6) is 0 Å². The predicted molar refractivity (Wildman–Crippen MR) is 37.1 cm³/mol. The van der Waals surface area contributed by atoms with Gasteiger partial charge < -0.3 is 5.11 Å². The van der Waals surface area contributed by atoms with E-state index in [1.165, 1.54) is 0 Å². The van der Waals surface area contributed by atoms with Gasteiger partial charge in [0, 0.05) is 5.56 Å². The molecule has 54 valence electrons. The predicted octanol–water partition coefficient (Wildman–Crippen LogP) is 1.82. The van der Waals surface area contributed by atoms with E-state index in [-0.39, 0.29) is 5.56 Å². The molecule has 1 aromatic carbocycles. The summed E-state index contributed by atoms with van der Waals surface area (Å²) in [6.07, 6.45) is 0. The van der Waals surface area contributed by atoms with E-state index >= 15 is 0 Å². The van der Waals surface area contributed by atoms with Crippen molar-refractivity contribution >= 4 is 0 Å². The van der Waals surface area contributed by atoms with Gasteiger partial charge >= 0.3 is 0 Å². The van der Waals surface area contributed by atoms with Gasteiger partial charge in [0.25, 0.3) is 0 Å². The summed E-state index contributed by atoms with van der Waals surface area (Å²) in [6.45, 7) is 1.11. The van der Waals surface area contributed by atoms with Crippen molar-refractivity contribution in [3.05, 3.63) is 35.9 Å². The number of halogens is 1. The van der Waals surface area contributed by atoms with Gasteiger partial charge in [0.15, 0.2) is 0 Å². The lowest BCUT2D eigenvalue weighted by atomic mass is 10.1. The second-order valence-electron chi connectivity index (χ2n) is 2.32. The maximum absolute atomic E-state index is 12.7. The van der Waals surface area contributed by atoms with E-state index in [2.05, 4.69) is 0 Å². The first-order valence-corrected chi connectivity index (χ1v) is 3.07. The van der Waals surface area contributed by atoms with E-state index in [9.17, 15) is 4.39 Å². The molecule has 0 heterocycles. The van der Waals surface area contributed by atoms with Gasteiger partial charge in [0.05, 0.1) is 0 Å². The molecule has 1 atom stereocenters. The first-order valence-electron chi connectivity index (χ1n) is 3.07. The summed E-state index contributed by atoms with van der Waals surface area (Å²) < 4.78 is 12.7. The minimum atomic E-state index is -2.21. The summed E-state index contributed by atoms with van der Waals surface area (Å²) in [6, 6.07) is 8.22. The maximum atomic E-state index is 12.7. The zero-order chi connectivity index (χ0) is 7.61. The number of alkyl halides is 1. The summed E-state index contributed by atoms with van der Waals surface area (Å²) in [5.41, 5.74) is 0.287. The fourth-order valence-electron chi connectivity index (χ4n) is 0.742. The van der Waals surface area contributed by atoms with Crippen LogP contribution in [0.1, 0.15) is 12.5 Å². The third-order valence-electron chi connectivity index (χ3n) is 1.30. The van der Waals surface area contributed by atoms with Crippen molar-refractivity contribution in [2.45, 2.75) is 12.8 Å². The standard InChI is InChI=1S/C8H9FO/c1-8(9,10)7-5-3-2-4-6-7/h2-6,10H,1H3/t8-/m1/s1. The van der Waals surface area contributed by atoms with Crippen molar-refractivity contribution < 1.29 is 9.50 Å². The van der Waals surface area contributed by atoms with Gasteiger partial charge in [-0.2, -0.15) is 0 Å². The Morgan fingerprint density at radius 3 is 2.10 bits per heavy atom. The first kappa shape index (κ1) is 7.22. The highest BCUT2D eigenvalue weighted by atomic mass is 19.2. The molecule has 0 aliphatic rings. The highest BCUT2D eigenvalue weighted by Gasteiger charge is 2.19. The van der Waals surface area contributed by atoms with Crippen LogP contribution < -0.4 is 0 Å². The molecule has 2 heteroatoms. The number of hydrogen-bond donors (Lipinski definition) is 1. The Morgan fingerprint density at radius 1 is 1.30 bits per heavy atom. The lowest BCUT2D eigenvalue weighted by Crippen LogP contribution is -2.12. The molecule has 0 amide bonds. The fourth-order valence-corrected chi connectivity index (χ4v) is 0.742. The summed E-state index contributed by atoms with van der Waals surface area (Å²) in [5.74, 6) is -2.21. The van der Waals surface area contributed by atoms with Gasteiger partial charge in [-0.05, 0) is 6.92 Å². The van der Waals surface area contributed by atoms with E-state index < -0.39 is 5.85 Å². The highest BCUT2D eigenvalue weighted by Crippen LogP contribution is 2.20. The smallest absolute Gasteiger partial charge is 0.230 e. The van der Waals surface area contributed by atoms with Crippen molar-refractivity contribution in [2.75, 3.05) is 0 Å². The monoisotopic (exact) mass is 140 g/mol. The largest absolute Gasteiger partial charge is 0.358 e. The summed E-state index contributed by atoms with van der Waals surface area (Å²) in [7, 11) is 0. The summed E-state index contributed by atoms with van der Waals surface area (Å²) >= 11 is 0. The Hall–Kier alpha value is -0.890. The van der Waals surface area contributed by atoms with Crippen molar-refractivity contribution in [1.29, 1.82) is 0 Å². The molecule has 10 heavy (non-hydrogen) atoms. The Kier molecular flexibility index (Phi) is 1.72. The molecule has 1 aromatic rings. The lowest BCUT2D eigenvalue weighted by Gasteiger charge is -2.11. The van der Waals surface area contributed by atoms with Crippen molar-refractivity contribution in [2.24, 2.45) is 0 Å². The Balaban J connectivity index is 2.97. The van der Waals surface area contributed by atoms with Crippen molar-refractivity contribution in [3.8, 4) is 0 Å². The number of aliphatic hydroxyl groups is 1. The lowest BCUT2D eigenvalue weighted by molar-refractivity contribution is -0.0768. The SMILES string of the molecule is C[C@](O)(F)c1ccccc1. The van der Waals surface area contributed by atoms with Crippen LogP contribution in [-0.2, 0) is 5.85 Å². The molecular weight excluding hydrogens is 131 g/mol. The summed E-state index contributed by atoms with van der Waals surface area (Å²) in [5, 5.41) is 8.82. The molecular formula is C8H9FO. The third kappa shape index (κ3) is 1.54. The molecule has 0 aromatic heterocycles. The van der Waals surface area contributed by atoms with Crippen LogP contribution in [0.3, 0.4) is 0 Å². The average Bonchev–Trinajstić information content (AvgIpc) is 1.88. The van der Waals surface area contributed by atoms with Crippen LogP contribution in [0.2, 0.25) is 0 Å². The van der Waals surface area contributed by atoms with Crippen molar-refractivity contribution in [3.63, 3.8) is 0 Å². The normalized spacial score (nSPS) is 16.3. The van der Waals surface area contributed by atoms with Crippen LogP contribution in [0.25, 0.3) is 0 Å². The zero-order valence-corrected chi connectivity index (χ0v) is 5.71. The fraction of sp³-hybridized carbons (Fsp3) is 0.250. The van der Waals surface area contributed by atoms with E-state index in [4.69, 9.17) is 5.11 Å². The Morgan fingerprint density at radius 2 is 1.80 bits per heavy atom. The van der Waals surface area contributed by atoms with Crippen LogP contribution in [-0.4, -0.2) is 5.11 Å². The molecule has 0 fully saturated rings. The molecule has 1 nitrogen and oxygen atoms in total. The van der Waals surface area contributed by atoms with Crippen LogP contribution in [0.15, 0.2) is 30.3 Å². The Labute approximate surface area is 59.1 Å². The number of hydrogen-bond acceptors (Lipinski definition) is 1. The van der Waals surface area contributed by atoms with Gasteiger partial charge in [-0.25, -0.2) is 4.39 Å². The van der Waals surface area contributed by atoms with E-state index in [0.29, 0.717) is 0 Å². The summed E-state index contributed by atoms with van der Waals surface area (Å²) in [4.78, 5) is 0. The molecule has 1 N–H and O–H groups in total. The second kappa shape index (κ2) is 2.39. The maximum Gasteiger partial charge on any atom is 0.230 e. The Bertz CT molecular complexity index is 200. The molecule has 1 rings (SSSR count). The second-order valence-corrected chi connectivity index (χ2v) is 2.32. The minimum Gasteiger partial charge on any atom is -0.358 e. The molecule has 0 radical (unpaired) electrons. The molecule has 0 bridgehead atoms. The van der Waals surface area contributed by atoms with Gasteiger partial charge in [-0.3, -0.25) is 0 Å². The minimum absolute atomic E-state index is 0.287. The third-order valence-corrected chi connectivity index (χ3v) is 1.30. The number of rotatable bonds is 1. The van der Waals surface area contributed by atoms with Crippen LogP contribution in [0, 0.1) is 0 Å². The zero-order valence-electron chi connectivity index (χ0n) is 5.71. The van der Waals surface area contributed by atoms with Gasteiger partial charge in [-0.15, -0.1) is 0 Å². The molecule has 0 aliphatic heterocycles. The van der Waals surface area contributed by atoms with E-state index in [1.807, 2.05) is 0 Å². The topological polar surface area (TPSA) is 20.2 Å². The molecule has 0 saturated carbocycles. The van der Waals surface area contributed by atoms with Gasteiger partial charge in [0.1, 0.15) is 0 Å².